The van der Waals surface area contributed by atoms with E-state index in [2.05, 4.69) is 22.4 Å². The van der Waals surface area contributed by atoms with Crippen LogP contribution in [0.25, 0.3) is 0 Å². The van der Waals surface area contributed by atoms with Gasteiger partial charge in [-0.2, -0.15) is 0 Å². The number of hydrazine groups is 1. The van der Waals surface area contributed by atoms with Gasteiger partial charge in [0.05, 0.1) is 4.90 Å². The van der Waals surface area contributed by atoms with Gasteiger partial charge in [-0.1, -0.05) is 0 Å². The number of nitrogens with two attached hydrogens (primary N) is 1. The van der Waals surface area contributed by atoms with E-state index in [9.17, 15) is 8.42 Å². The summed E-state index contributed by atoms with van der Waals surface area (Å²) in [4.78, 5) is 6.41. The van der Waals surface area contributed by atoms with E-state index in [1.165, 1.54) is 22.6 Å². The Bertz CT molecular complexity index is 570. The van der Waals surface area contributed by atoms with Gasteiger partial charge in [0.1, 0.15) is 5.82 Å². The smallest absolute Gasteiger partial charge is 0.243 e. The minimum absolute atomic E-state index is 0.209. The molecule has 1 aliphatic heterocycles. The number of aromatic nitrogens is 1. The van der Waals surface area contributed by atoms with Crippen LogP contribution in [0, 0.1) is 5.92 Å². The van der Waals surface area contributed by atoms with Crippen molar-refractivity contribution in [3.05, 3.63) is 18.3 Å². The van der Waals surface area contributed by atoms with Gasteiger partial charge in [0.2, 0.25) is 10.0 Å². The Labute approximate surface area is 126 Å². The normalized spacial score (nSPS) is 18.1. The number of hydrogen-bond donors (Lipinski definition) is 2. The summed E-state index contributed by atoms with van der Waals surface area (Å²) in [7, 11) is 0.221. The van der Waals surface area contributed by atoms with Crippen LogP contribution in [0.1, 0.15) is 12.8 Å². The highest BCUT2D eigenvalue weighted by Crippen LogP contribution is 2.21. The number of piperidine rings is 1. The number of rotatable bonds is 5. The summed E-state index contributed by atoms with van der Waals surface area (Å²) in [5, 5.41) is 0. The highest BCUT2D eigenvalue weighted by atomic mass is 32.2. The van der Waals surface area contributed by atoms with Crippen molar-refractivity contribution >= 4 is 15.8 Å². The van der Waals surface area contributed by atoms with Gasteiger partial charge in [0, 0.05) is 25.9 Å². The summed E-state index contributed by atoms with van der Waals surface area (Å²) in [5.41, 5.74) is 2.37. The minimum Gasteiger partial charge on any atom is -0.308 e. The van der Waals surface area contributed by atoms with Crippen molar-refractivity contribution in [1.29, 1.82) is 0 Å². The minimum atomic E-state index is -3.50. The van der Waals surface area contributed by atoms with E-state index < -0.39 is 10.0 Å². The van der Waals surface area contributed by atoms with Crippen molar-refractivity contribution in [2.75, 3.05) is 39.2 Å². The Hall–Kier alpha value is -1.22. The van der Waals surface area contributed by atoms with Gasteiger partial charge in [-0.25, -0.2) is 23.5 Å². The fourth-order valence-corrected chi connectivity index (χ4v) is 3.80. The topological polar surface area (TPSA) is 91.6 Å². The van der Waals surface area contributed by atoms with Crippen LogP contribution in [0.15, 0.2) is 23.2 Å². The summed E-state index contributed by atoms with van der Waals surface area (Å²) in [6, 6.07) is 2.93. The highest BCUT2D eigenvalue weighted by molar-refractivity contribution is 7.89. The average molecular weight is 313 g/mol. The maximum Gasteiger partial charge on any atom is 0.243 e. The third-order valence-corrected chi connectivity index (χ3v) is 5.76. The summed E-state index contributed by atoms with van der Waals surface area (Å²) in [6.07, 6.45) is 3.50. The predicted molar refractivity (Wildman–Crippen MR) is 82.1 cm³/mol. The van der Waals surface area contributed by atoms with Crippen LogP contribution < -0.4 is 11.3 Å². The molecule has 0 amide bonds. The monoisotopic (exact) mass is 313 g/mol. The number of likely N-dealkylation sites (tertiary alicyclic amines) is 1. The van der Waals surface area contributed by atoms with Crippen molar-refractivity contribution < 1.29 is 8.42 Å². The van der Waals surface area contributed by atoms with Crippen LogP contribution in [-0.2, 0) is 10.0 Å². The second-order valence-electron chi connectivity index (χ2n) is 5.55. The van der Waals surface area contributed by atoms with Crippen LogP contribution in [-0.4, -0.2) is 56.3 Å². The molecule has 0 spiro atoms. The van der Waals surface area contributed by atoms with Crippen LogP contribution in [0.2, 0.25) is 0 Å². The van der Waals surface area contributed by atoms with Crippen molar-refractivity contribution in [2.24, 2.45) is 11.8 Å². The molecule has 0 aromatic carbocycles. The third-order valence-electron chi connectivity index (χ3n) is 3.94. The lowest BCUT2D eigenvalue weighted by Crippen LogP contribution is -2.38. The van der Waals surface area contributed by atoms with Crippen molar-refractivity contribution in [3.63, 3.8) is 0 Å². The van der Waals surface area contributed by atoms with Crippen molar-refractivity contribution in [3.8, 4) is 0 Å². The second-order valence-corrected chi connectivity index (χ2v) is 7.60. The van der Waals surface area contributed by atoms with E-state index in [0.717, 1.165) is 25.9 Å². The molecule has 1 aromatic heterocycles. The zero-order valence-electron chi connectivity index (χ0n) is 12.5. The average Bonchev–Trinajstić information content (AvgIpc) is 2.49. The first-order valence-corrected chi connectivity index (χ1v) is 8.45. The first-order chi connectivity index (χ1) is 9.93. The van der Waals surface area contributed by atoms with Gasteiger partial charge in [-0.15, -0.1) is 0 Å². The number of sulfonamides is 1. The molecule has 2 heterocycles. The molecule has 0 radical (unpaired) electrons. The van der Waals surface area contributed by atoms with Gasteiger partial charge in [-0.3, -0.25) is 0 Å². The fourth-order valence-electron chi connectivity index (χ4n) is 2.54. The molecule has 118 valence electrons. The molecule has 1 fully saturated rings. The largest absolute Gasteiger partial charge is 0.308 e. The fraction of sp³-hybridized carbons (Fsp3) is 0.615. The Morgan fingerprint density at radius 1 is 1.48 bits per heavy atom. The Kier molecular flexibility index (Phi) is 5.15. The number of nitrogen functional groups attached to an aromatic ring is 1. The SMILES string of the molecule is CN1CCC(CN(C)S(=O)(=O)c2ccnc(NN)c2)CC1. The third kappa shape index (κ3) is 3.91. The van der Waals surface area contributed by atoms with Crippen LogP contribution >= 0.6 is 0 Å². The molecule has 3 N–H and O–H groups in total. The molecule has 1 aliphatic rings. The summed E-state index contributed by atoms with van der Waals surface area (Å²) >= 11 is 0. The Morgan fingerprint density at radius 3 is 2.76 bits per heavy atom. The maximum absolute atomic E-state index is 12.6. The first kappa shape index (κ1) is 16.2. The zero-order chi connectivity index (χ0) is 15.5. The van der Waals surface area contributed by atoms with Gasteiger partial charge in [0.15, 0.2) is 0 Å². The Balaban J connectivity index is 2.07. The predicted octanol–water partition coefficient (Wildman–Crippen LogP) is 0.330. The van der Waals surface area contributed by atoms with Gasteiger partial charge < -0.3 is 10.3 Å². The van der Waals surface area contributed by atoms with E-state index in [0.29, 0.717) is 18.3 Å². The van der Waals surface area contributed by atoms with E-state index in [-0.39, 0.29) is 4.90 Å². The highest BCUT2D eigenvalue weighted by Gasteiger charge is 2.26. The number of anilines is 1. The van der Waals surface area contributed by atoms with Crippen molar-refractivity contribution in [2.45, 2.75) is 17.7 Å². The van der Waals surface area contributed by atoms with Gasteiger partial charge in [-0.05, 0) is 45.0 Å². The van der Waals surface area contributed by atoms with E-state index in [4.69, 9.17) is 5.84 Å². The standard InChI is InChI=1S/C13H23N5O2S/c1-17-7-4-11(5-8-17)10-18(2)21(19,20)12-3-6-15-13(9-12)16-14/h3,6,9,11H,4-5,7-8,10,14H2,1-2H3,(H,15,16). The Morgan fingerprint density at radius 2 is 2.14 bits per heavy atom. The molecule has 0 atom stereocenters. The van der Waals surface area contributed by atoms with Gasteiger partial charge >= 0.3 is 0 Å². The molecule has 1 saturated heterocycles. The van der Waals surface area contributed by atoms with E-state index in [1.54, 1.807) is 7.05 Å². The van der Waals surface area contributed by atoms with Gasteiger partial charge in [0.25, 0.3) is 0 Å². The van der Waals surface area contributed by atoms with E-state index in [1.807, 2.05) is 0 Å². The molecule has 8 heteroatoms. The van der Waals surface area contributed by atoms with E-state index >= 15 is 0 Å². The molecule has 0 bridgehead atoms. The molecule has 0 aliphatic carbocycles. The quantitative estimate of drug-likeness (QED) is 0.601. The second kappa shape index (κ2) is 6.69. The lowest BCUT2D eigenvalue weighted by atomic mass is 9.97. The summed E-state index contributed by atoms with van der Waals surface area (Å²) in [6.45, 7) is 2.59. The lowest BCUT2D eigenvalue weighted by molar-refractivity contribution is 0.202. The molecule has 7 nitrogen and oxygen atoms in total. The number of nitrogens with zero attached hydrogens (tertiary/aromatic N) is 3. The lowest BCUT2D eigenvalue weighted by Gasteiger charge is -2.31. The zero-order valence-corrected chi connectivity index (χ0v) is 13.3. The molecule has 21 heavy (non-hydrogen) atoms. The molecule has 1 aromatic rings. The molecule has 2 rings (SSSR count). The number of pyridine rings is 1. The maximum atomic E-state index is 12.6. The van der Waals surface area contributed by atoms with Crippen molar-refractivity contribution in [1.82, 2.24) is 14.2 Å². The summed E-state index contributed by atoms with van der Waals surface area (Å²) < 4.78 is 26.5. The molecule has 0 saturated carbocycles. The number of hydrogen-bond acceptors (Lipinski definition) is 6. The molecular formula is C13H23N5O2S. The van der Waals surface area contributed by atoms with Crippen LogP contribution in [0.4, 0.5) is 5.82 Å². The van der Waals surface area contributed by atoms with Crippen LogP contribution in [0.5, 0.6) is 0 Å². The molecule has 0 unspecified atom stereocenters. The summed E-state index contributed by atoms with van der Waals surface area (Å²) in [5.74, 6) is 6.02. The first-order valence-electron chi connectivity index (χ1n) is 7.01. The number of nitrogens with one attached hydrogen (secondary N) is 1. The molecular weight excluding hydrogens is 290 g/mol. The van der Waals surface area contributed by atoms with Crippen LogP contribution in [0.3, 0.4) is 0 Å².